The van der Waals surface area contributed by atoms with Crippen molar-refractivity contribution in [2.75, 3.05) is 26.0 Å². The molecule has 1 aliphatic heterocycles. The van der Waals surface area contributed by atoms with E-state index < -0.39 is 0 Å². The van der Waals surface area contributed by atoms with Gasteiger partial charge in [-0.05, 0) is 17.7 Å². The Morgan fingerprint density at radius 2 is 2.47 bits per heavy atom. The van der Waals surface area contributed by atoms with Crippen LogP contribution in [0.1, 0.15) is 10.9 Å². The number of carbonyl (C=O) groups is 1. The van der Waals surface area contributed by atoms with E-state index in [4.69, 9.17) is 16.3 Å². The number of hydrogen-bond donors (Lipinski definition) is 0. The van der Waals surface area contributed by atoms with Crippen LogP contribution in [0.15, 0.2) is 24.3 Å². The second kappa shape index (κ2) is 5.76. The molecule has 0 aliphatic carbocycles. The van der Waals surface area contributed by atoms with Gasteiger partial charge < -0.3 is 9.64 Å². The third kappa shape index (κ3) is 2.94. The SMILES string of the molecule is COCC(=O)N1CCS[C@H]1c1cccc(Cl)c1. The summed E-state index contributed by atoms with van der Waals surface area (Å²) in [4.78, 5) is 13.7. The third-order valence-electron chi connectivity index (χ3n) is 2.61. The van der Waals surface area contributed by atoms with Crippen molar-refractivity contribution in [2.45, 2.75) is 5.37 Å². The molecular formula is C12H14ClNO2S. The van der Waals surface area contributed by atoms with Crippen molar-refractivity contribution in [3.63, 3.8) is 0 Å². The third-order valence-corrected chi connectivity index (χ3v) is 4.11. The number of benzene rings is 1. The van der Waals surface area contributed by atoms with Crippen molar-refractivity contribution >= 4 is 29.3 Å². The Hall–Kier alpha value is -0.710. The zero-order valence-electron chi connectivity index (χ0n) is 9.56. The lowest BCUT2D eigenvalue weighted by Gasteiger charge is -2.23. The number of rotatable bonds is 3. The molecule has 1 aromatic carbocycles. The molecule has 0 unspecified atom stereocenters. The maximum atomic E-state index is 11.9. The smallest absolute Gasteiger partial charge is 0.249 e. The minimum absolute atomic E-state index is 0.0301. The van der Waals surface area contributed by atoms with E-state index in [9.17, 15) is 4.79 Å². The fraction of sp³-hybridized carbons (Fsp3) is 0.417. The van der Waals surface area contributed by atoms with E-state index in [0.717, 1.165) is 17.9 Å². The first-order chi connectivity index (χ1) is 8.22. The van der Waals surface area contributed by atoms with E-state index in [1.807, 2.05) is 29.2 Å². The van der Waals surface area contributed by atoms with Gasteiger partial charge in [0.25, 0.3) is 0 Å². The molecule has 92 valence electrons. The Morgan fingerprint density at radius 1 is 1.65 bits per heavy atom. The van der Waals surface area contributed by atoms with Gasteiger partial charge in [0, 0.05) is 24.4 Å². The number of thioether (sulfide) groups is 1. The molecule has 3 nitrogen and oxygen atoms in total. The number of hydrogen-bond acceptors (Lipinski definition) is 3. The molecule has 0 radical (unpaired) electrons. The minimum Gasteiger partial charge on any atom is -0.375 e. The maximum Gasteiger partial charge on any atom is 0.249 e. The monoisotopic (exact) mass is 271 g/mol. The highest BCUT2D eigenvalue weighted by molar-refractivity contribution is 7.99. The van der Waals surface area contributed by atoms with Crippen molar-refractivity contribution < 1.29 is 9.53 Å². The van der Waals surface area contributed by atoms with E-state index in [2.05, 4.69) is 0 Å². The molecule has 1 aliphatic rings. The van der Waals surface area contributed by atoms with Crippen molar-refractivity contribution in [1.82, 2.24) is 4.90 Å². The highest BCUT2D eigenvalue weighted by atomic mass is 35.5. The van der Waals surface area contributed by atoms with Gasteiger partial charge in [-0.1, -0.05) is 23.7 Å². The second-order valence-corrected chi connectivity index (χ2v) is 5.42. The molecule has 1 fully saturated rings. The van der Waals surface area contributed by atoms with Crippen LogP contribution in [-0.2, 0) is 9.53 Å². The van der Waals surface area contributed by atoms with Gasteiger partial charge in [0.05, 0.1) is 0 Å². The van der Waals surface area contributed by atoms with Crippen molar-refractivity contribution in [3.05, 3.63) is 34.9 Å². The molecule has 0 aromatic heterocycles. The van der Waals surface area contributed by atoms with Crippen LogP contribution in [-0.4, -0.2) is 36.8 Å². The molecule has 1 saturated heterocycles. The number of nitrogens with zero attached hydrogens (tertiary/aromatic N) is 1. The second-order valence-electron chi connectivity index (χ2n) is 3.80. The molecule has 2 rings (SSSR count). The summed E-state index contributed by atoms with van der Waals surface area (Å²) in [6, 6.07) is 7.67. The van der Waals surface area contributed by atoms with Gasteiger partial charge >= 0.3 is 0 Å². The van der Waals surface area contributed by atoms with E-state index in [0.29, 0.717) is 5.02 Å². The molecule has 0 spiro atoms. The normalized spacial score (nSPS) is 19.6. The van der Waals surface area contributed by atoms with Gasteiger partial charge in [-0.3, -0.25) is 4.79 Å². The van der Waals surface area contributed by atoms with Crippen LogP contribution >= 0.6 is 23.4 Å². The van der Waals surface area contributed by atoms with E-state index >= 15 is 0 Å². The van der Waals surface area contributed by atoms with Gasteiger partial charge in [0.15, 0.2) is 0 Å². The highest BCUT2D eigenvalue weighted by Crippen LogP contribution is 2.38. The lowest BCUT2D eigenvalue weighted by atomic mass is 10.2. The molecule has 1 atom stereocenters. The molecule has 0 bridgehead atoms. The Morgan fingerprint density at radius 3 is 3.18 bits per heavy atom. The summed E-state index contributed by atoms with van der Waals surface area (Å²) in [5, 5.41) is 0.769. The summed E-state index contributed by atoms with van der Waals surface area (Å²) >= 11 is 7.73. The molecule has 1 heterocycles. The predicted octanol–water partition coefficient (Wildman–Crippen LogP) is 2.56. The van der Waals surface area contributed by atoms with Crippen molar-refractivity contribution in [1.29, 1.82) is 0 Å². The van der Waals surface area contributed by atoms with Gasteiger partial charge in [-0.25, -0.2) is 0 Å². The Bertz CT molecular complexity index is 413. The summed E-state index contributed by atoms with van der Waals surface area (Å²) in [5.74, 6) is 0.981. The molecule has 1 aromatic rings. The topological polar surface area (TPSA) is 29.5 Å². The Kier molecular flexibility index (Phi) is 4.31. The Balaban J connectivity index is 2.17. The average molecular weight is 272 g/mol. The van der Waals surface area contributed by atoms with Crippen molar-refractivity contribution in [2.24, 2.45) is 0 Å². The van der Waals surface area contributed by atoms with Gasteiger partial charge in [0.2, 0.25) is 5.91 Å². The maximum absolute atomic E-state index is 11.9. The highest BCUT2D eigenvalue weighted by Gasteiger charge is 2.30. The van der Waals surface area contributed by atoms with Crippen LogP contribution in [0.2, 0.25) is 5.02 Å². The number of methoxy groups -OCH3 is 1. The fourth-order valence-electron chi connectivity index (χ4n) is 1.87. The number of carbonyl (C=O) groups excluding carboxylic acids is 1. The quantitative estimate of drug-likeness (QED) is 0.846. The van der Waals surface area contributed by atoms with Crippen LogP contribution in [0.3, 0.4) is 0 Å². The number of amides is 1. The first-order valence-corrected chi connectivity index (χ1v) is 6.80. The number of ether oxygens (including phenoxy) is 1. The van der Waals surface area contributed by atoms with Crippen LogP contribution < -0.4 is 0 Å². The fourth-order valence-corrected chi connectivity index (χ4v) is 3.33. The lowest BCUT2D eigenvalue weighted by molar-refractivity contribution is -0.135. The lowest BCUT2D eigenvalue weighted by Crippen LogP contribution is -2.33. The van der Waals surface area contributed by atoms with Gasteiger partial charge in [0.1, 0.15) is 12.0 Å². The van der Waals surface area contributed by atoms with Crippen molar-refractivity contribution in [3.8, 4) is 0 Å². The first kappa shape index (κ1) is 12.7. The van der Waals surface area contributed by atoms with Crippen LogP contribution in [0, 0.1) is 0 Å². The van der Waals surface area contributed by atoms with E-state index in [1.165, 1.54) is 7.11 Å². The average Bonchev–Trinajstić information content (AvgIpc) is 2.78. The van der Waals surface area contributed by atoms with Crippen LogP contribution in [0.5, 0.6) is 0 Å². The number of halogens is 1. The zero-order valence-corrected chi connectivity index (χ0v) is 11.1. The summed E-state index contributed by atoms with van der Waals surface area (Å²) in [7, 11) is 1.54. The summed E-state index contributed by atoms with van der Waals surface area (Å²) in [5.41, 5.74) is 1.07. The minimum atomic E-state index is 0.0301. The molecule has 0 N–H and O–H groups in total. The molecule has 0 saturated carbocycles. The summed E-state index contributed by atoms with van der Waals surface area (Å²) in [6.45, 7) is 0.904. The first-order valence-electron chi connectivity index (χ1n) is 5.38. The standard InChI is InChI=1S/C12H14ClNO2S/c1-16-8-11(15)14-5-6-17-12(14)9-3-2-4-10(13)7-9/h2-4,7,12H,5-6,8H2,1H3/t12-/m0/s1. The van der Waals surface area contributed by atoms with Crippen LogP contribution in [0.4, 0.5) is 0 Å². The van der Waals surface area contributed by atoms with Crippen LogP contribution in [0.25, 0.3) is 0 Å². The largest absolute Gasteiger partial charge is 0.375 e. The molecule has 17 heavy (non-hydrogen) atoms. The van der Waals surface area contributed by atoms with E-state index in [1.54, 1.807) is 11.8 Å². The molecular weight excluding hydrogens is 258 g/mol. The predicted molar refractivity (Wildman–Crippen MR) is 70.2 cm³/mol. The van der Waals surface area contributed by atoms with E-state index in [-0.39, 0.29) is 17.9 Å². The van der Waals surface area contributed by atoms with Gasteiger partial charge in [-0.15, -0.1) is 11.8 Å². The van der Waals surface area contributed by atoms with Gasteiger partial charge in [-0.2, -0.15) is 0 Å². The zero-order chi connectivity index (χ0) is 12.3. The molecule has 5 heteroatoms. The summed E-state index contributed by atoms with van der Waals surface area (Å²) < 4.78 is 4.90. The Labute approximate surface area is 110 Å². The molecule has 1 amide bonds. The summed E-state index contributed by atoms with van der Waals surface area (Å²) in [6.07, 6.45) is 0.